The Bertz CT molecular complexity index is 542. The number of benzene rings is 1. The number of thiazole rings is 1. The van der Waals surface area contributed by atoms with Crippen LogP contribution in [0.3, 0.4) is 0 Å². The molecule has 3 nitrogen and oxygen atoms in total. The normalized spacial score (nSPS) is 10.8. The molecule has 0 aliphatic rings. The second kappa shape index (κ2) is 5.29. The van der Waals surface area contributed by atoms with E-state index in [9.17, 15) is 0 Å². The number of nitrogens with one attached hydrogen (secondary N) is 1. The van der Waals surface area contributed by atoms with Crippen molar-refractivity contribution < 1.29 is 4.74 Å². The molecule has 2 aromatic rings. The lowest BCUT2D eigenvalue weighted by Crippen LogP contribution is -1.96. The van der Waals surface area contributed by atoms with E-state index in [-0.39, 0.29) is 0 Å². The monoisotopic (exact) mass is 290 g/mol. The van der Waals surface area contributed by atoms with Crippen LogP contribution in [0.15, 0.2) is 6.07 Å². The van der Waals surface area contributed by atoms with Crippen LogP contribution in [0.4, 0.5) is 5.13 Å². The number of rotatable bonds is 4. The molecule has 0 unspecified atom stereocenters. The number of hydrogen-bond donors (Lipinski definition) is 1. The van der Waals surface area contributed by atoms with Gasteiger partial charge in [0.05, 0.1) is 21.4 Å². The Morgan fingerprint density at radius 3 is 2.76 bits per heavy atom. The van der Waals surface area contributed by atoms with Gasteiger partial charge in [-0.05, 0) is 19.9 Å². The fraction of sp³-hybridized carbons (Fsp3) is 0.364. The van der Waals surface area contributed by atoms with Gasteiger partial charge < -0.3 is 10.1 Å². The molecule has 0 fully saturated rings. The van der Waals surface area contributed by atoms with Gasteiger partial charge in [-0.25, -0.2) is 4.98 Å². The summed E-state index contributed by atoms with van der Waals surface area (Å²) in [6.45, 7) is 5.29. The summed E-state index contributed by atoms with van der Waals surface area (Å²) in [5, 5.41) is 5.09. The second-order valence-electron chi connectivity index (χ2n) is 3.33. The summed E-state index contributed by atoms with van der Waals surface area (Å²) < 4.78 is 6.42. The van der Waals surface area contributed by atoms with E-state index in [0.717, 1.165) is 21.9 Å². The van der Waals surface area contributed by atoms with E-state index in [4.69, 9.17) is 27.9 Å². The molecule has 1 heterocycles. The minimum atomic E-state index is 0.498. The molecule has 0 bridgehead atoms. The van der Waals surface area contributed by atoms with E-state index in [1.165, 1.54) is 11.3 Å². The predicted molar refractivity (Wildman–Crippen MR) is 75.0 cm³/mol. The van der Waals surface area contributed by atoms with Crippen LogP contribution in [-0.2, 0) is 0 Å². The first-order valence-electron chi connectivity index (χ1n) is 5.32. The number of ether oxygens (including phenoxy) is 1. The van der Waals surface area contributed by atoms with Gasteiger partial charge in [0, 0.05) is 6.54 Å². The van der Waals surface area contributed by atoms with E-state index < -0.39 is 0 Å². The van der Waals surface area contributed by atoms with Crippen LogP contribution in [0.1, 0.15) is 13.8 Å². The maximum atomic E-state index is 6.15. The highest BCUT2D eigenvalue weighted by atomic mass is 35.5. The van der Waals surface area contributed by atoms with Gasteiger partial charge in [0.15, 0.2) is 10.9 Å². The Labute approximate surface area is 114 Å². The maximum absolute atomic E-state index is 6.15. The average molecular weight is 291 g/mol. The average Bonchev–Trinajstić information content (AvgIpc) is 2.69. The Morgan fingerprint density at radius 1 is 1.35 bits per heavy atom. The zero-order valence-electron chi connectivity index (χ0n) is 9.51. The first kappa shape index (κ1) is 12.7. The molecule has 0 amide bonds. The van der Waals surface area contributed by atoms with E-state index in [0.29, 0.717) is 22.4 Å². The van der Waals surface area contributed by atoms with Crippen LogP contribution in [0.2, 0.25) is 10.0 Å². The molecule has 1 N–H and O–H groups in total. The SMILES string of the molecule is CCNc1nc2c(OCC)c(Cl)cc(Cl)c2s1. The molecule has 0 radical (unpaired) electrons. The van der Waals surface area contributed by atoms with Gasteiger partial charge in [-0.3, -0.25) is 0 Å². The standard InChI is InChI=1S/C11H12Cl2N2OS/c1-3-14-11-15-8-9(16-4-2)6(12)5-7(13)10(8)17-11/h5H,3-4H2,1-2H3,(H,14,15). The van der Waals surface area contributed by atoms with Crippen molar-refractivity contribution in [2.75, 3.05) is 18.5 Å². The molecule has 0 saturated heterocycles. The molecule has 1 aromatic heterocycles. The van der Waals surface area contributed by atoms with Gasteiger partial charge in [-0.15, -0.1) is 0 Å². The van der Waals surface area contributed by atoms with Crippen LogP contribution in [0, 0.1) is 0 Å². The molecule has 17 heavy (non-hydrogen) atoms. The van der Waals surface area contributed by atoms with Crippen molar-refractivity contribution in [2.45, 2.75) is 13.8 Å². The Kier molecular flexibility index (Phi) is 3.97. The first-order valence-corrected chi connectivity index (χ1v) is 6.89. The molecule has 0 aliphatic carbocycles. The van der Waals surface area contributed by atoms with Crippen LogP contribution < -0.4 is 10.1 Å². The third-order valence-electron chi connectivity index (χ3n) is 2.15. The molecule has 92 valence electrons. The summed E-state index contributed by atoms with van der Waals surface area (Å²) in [7, 11) is 0. The third-order valence-corrected chi connectivity index (χ3v) is 3.88. The van der Waals surface area contributed by atoms with E-state index >= 15 is 0 Å². The summed E-state index contributed by atoms with van der Waals surface area (Å²) >= 11 is 13.8. The predicted octanol–water partition coefficient (Wildman–Crippen LogP) is 4.43. The summed E-state index contributed by atoms with van der Waals surface area (Å²) in [6.07, 6.45) is 0. The van der Waals surface area contributed by atoms with Crippen LogP contribution in [0.5, 0.6) is 5.75 Å². The van der Waals surface area contributed by atoms with Gasteiger partial charge in [0.2, 0.25) is 0 Å². The molecule has 0 saturated carbocycles. The summed E-state index contributed by atoms with van der Waals surface area (Å²) in [5.74, 6) is 0.606. The summed E-state index contributed by atoms with van der Waals surface area (Å²) in [4.78, 5) is 4.46. The molecule has 0 atom stereocenters. The van der Waals surface area contributed by atoms with Gasteiger partial charge >= 0.3 is 0 Å². The zero-order valence-corrected chi connectivity index (χ0v) is 11.8. The third kappa shape index (κ3) is 2.44. The number of hydrogen-bond acceptors (Lipinski definition) is 4. The molecule has 2 rings (SSSR count). The highest BCUT2D eigenvalue weighted by molar-refractivity contribution is 7.22. The molecular formula is C11H12Cl2N2OS. The first-order chi connectivity index (χ1) is 8.17. The highest BCUT2D eigenvalue weighted by Gasteiger charge is 2.16. The molecule has 0 aliphatic heterocycles. The fourth-order valence-electron chi connectivity index (χ4n) is 1.50. The smallest absolute Gasteiger partial charge is 0.183 e. The topological polar surface area (TPSA) is 34.2 Å². The van der Waals surface area contributed by atoms with E-state index in [2.05, 4.69) is 10.3 Å². The van der Waals surface area contributed by atoms with Gasteiger partial charge in [0.1, 0.15) is 5.52 Å². The molecule has 6 heteroatoms. The number of nitrogens with zero attached hydrogens (tertiary/aromatic N) is 1. The summed E-state index contributed by atoms with van der Waals surface area (Å²) in [5.41, 5.74) is 0.727. The van der Waals surface area contributed by atoms with Crippen LogP contribution in [0.25, 0.3) is 10.2 Å². The number of fused-ring (bicyclic) bond motifs is 1. The van der Waals surface area contributed by atoms with Crippen molar-refractivity contribution in [3.8, 4) is 5.75 Å². The van der Waals surface area contributed by atoms with Crippen molar-refractivity contribution in [1.82, 2.24) is 4.98 Å². The highest BCUT2D eigenvalue weighted by Crippen LogP contribution is 2.41. The number of aromatic nitrogens is 1. The fourth-order valence-corrected chi connectivity index (χ4v) is 3.06. The molecule has 0 spiro atoms. The van der Waals surface area contributed by atoms with Gasteiger partial charge in [-0.1, -0.05) is 34.5 Å². The van der Waals surface area contributed by atoms with Crippen molar-refractivity contribution in [3.63, 3.8) is 0 Å². The quantitative estimate of drug-likeness (QED) is 0.904. The largest absolute Gasteiger partial charge is 0.490 e. The number of halogens is 2. The van der Waals surface area contributed by atoms with Gasteiger partial charge in [0.25, 0.3) is 0 Å². The van der Waals surface area contributed by atoms with Crippen molar-refractivity contribution >= 4 is 49.9 Å². The molecular weight excluding hydrogens is 279 g/mol. The Hall–Kier alpha value is -0.710. The van der Waals surface area contributed by atoms with Crippen LogP contribution in [-0.4, -0.2) is 18.1 Å². The minimum absolute atomic E-state index is 0.498. The summed E-state index contributed by atoms with van der Waals surface area (Å²) in [6, 6.07) is 1.70. The van der Waals surface area contributed by atoms with E-state index in [1.54, 1.807) is 6.07 Å². The lowest BCUT2D eigenvalue weighted by atomic mass is 10.3. The number of anilines is 1. The zero-order chi connectivity index (χ0) is 12.4. The minimum Gasteiger partial charge on any atom is -0.490 e. The van der Waals surface area contributed by atoms with Gasteiger partial charge in [-0.2, -0.15) is 0 Å². The van der Waals surface area contributed by atoms with Crippen molar-refractivity contribution in [3.05, 3.63) is 16.1 Å². The Balaban J connectivity index is 2.62. The van der Waals surface area contributed by atoms with Crippen molar-refractivity contribution in [2.24, 2.45) is 0 Å². The Morgan fingerprint density at radius 2 is 2.12 bits per heavy atom. The lowest BCUT2D eigenvalue weighted by Gasteiger charge is -2.06. The van der Waals surface area contributed by atoms with E-state index in [1.807, 2.05) is 13.8 Å². The molecule has 1 aromatic carbocycles. The second-order valence-corrected chi connectivity index (χ2v) is 5.14. The maximum Gasteiger partial charge on any atom is 0.183 e. The van der Waals surface area contributed by atoms with Crippen LogP contribution >= 0.6 is 34.5 Å². The van der Waals surface area contributed by atoms with Crippen molar-refractivity contribution in [1.29, 1.82) is 0 Å². The lowest BCUT2D eigenvalue weighted by molar-refractivity contribution is 0.344.